The molecule has 8 fully saturated rings. The Kier molecular flexibility index (Phi) is 7.03. The van der Waals surface area contributed by atoms with Gasteiger partial charge in [-0.2, -0.15) is 0 Å². The van der Waals surface area contributed by atoms with Gasteiger partial charge in [0.15, 0.2) is 12.4 Å². The average molecular weight is 663 g/mol. The number of aliphatic hydroxyl groups is 4. The third-order valence-corrected chi connectivity index (χ3v) is 16.4. The van der Waals surface area contributed by atoms with E-state index in [4.69, 9.17) is 23.7 Å². The second-order valence-electron chi connectivity index (χ2n) is 18.9. The van der Waals surface area contributed by atoms with E-state index in [1.807, 2.05) is 13.8 Å². The molecule has 2 spiro atoms. The number of rotatable bonds is 3. The zero-order valence-corrected chi connectivity index (χ0v) is 29.5. The molecule has 47 heavy (non-hydrogen) atoms. The Hall–Kier alpha value is -0.850. The predicted molar refractivity (Wildman–Crippen MR) is 168 cm³/mol. The van der Waals surface area contributed by atoms with Gasteiger partial charge in [0.2, 0.25) is 5.79 Å². The Bertz CT molecular complexity index is 1320. The molecule has 266 valence electrons. The molecule has 0 amide bonds. The summed E-state index contributed by atoms with van der Waals surface area (Å²) in [4.78, 5) is 11.4. The standard InChI is InChI=1S/C37H58O10/c1-18-25-20(46-37(42)28(18)47-32(5,6)30(37)41)15-34(8)23-10-9-22-31(3,4)24(11-12-35(22)17-36(23,35)14-13-33(25,34)7)45-29-27(40)26(39)21(16-43-29)44-19(2)38/h18,20-30,39-42H,9-17H2,1-8H3. The molecule has 8 rings (SSSR count). The van der Waals surface area contributed by atoms with Gasteiger partial charge in [-0.3, -0.25) is 4.79 Å². The summed E-state index contributed by atoms with van der Waals surface area (Å²) < 4.78 is 30.5. The zero-order valence-electron chi connectivity index (χ0n) is 29.5. The lowest BCUT2D eigenvalue weighted by atomic mass is 9.41. The van der Waals surface area contributed by atoms with Crippen LogP contribution in [0.4, 0.5) is 0 Å². The van der Waals surface area contributed by atoms with Crippen molar-refractivity contribution in [1.29, 1.82) is 0 Å². The molecule has 8 aliphatic rings. The van der Waals surface area contributed by atoms with Crippen molar-refractivity contribution >= 4 is 5.97 Å². The summed E-state index contributed by atoms with van der Waals surface area (Å²) in [5, 5.41) is 44.5. The first kappa shape index (κ1) is 33.3. The topological polar surface area (TPSA) is 144 Å². The maximum absolute atomic E-state index is 11.8. The van der Waals surface area contributed by atoms with E-state index in [9.17, 15) is 25.2 Å². The van der Waals surface area contributed by atoms with Crippen molar-refractivity contribution in [1.82, 2.24) is 0 Å². The van der Waals surface area contributed by atoms with E-state index in [0.717, 1.165) is 38.5 Å². The molecule has 5 aliphatic carbocycles. The summed E-state index contributed by atoms with van der Waals surface area (Å²) in [5.74, 6) is -0.857. The van der Waals surface area contributed by atoms with Crippen LogP contribution in [0.2, 0.25) is 0 Å². The molecular formula is C37H58O10. The van der Waals surface area contributed by atoms with E-state index in [2.05, 4.69) is 34.6 Å². The van der Waals surface area contributed by atoms with Gasteiger partial charge in [-0.05, 0) is 116 Å². The van der Waals surface area contributed by atoms with Gasteiger partial charge in [0.05, 0.1) is 24.4 Å². The fourth-order valence-corrected chi connectivity index (χ4v) is 14.2. The van der Waals surface area contributed by atoms with Crippen LogP contribution in [0.5, 0.6) is 0 Å². The molecule has 0 aromatic carbocycles. The molecule has 3 saturated heterocycles. The number of hydrogen-bond acceptors (Lipinski definition) is 10. The van der Waals surface area contributed by atoms with Crippen LogP contribution in [0.1, 0.15) is 107 Å². The van der Waals surface area contributed by atoms with Crippen LogP contribution in [0.15, 0.2) is 0 Å². The molecule has 3 heterocycles. The molecule has 5 saturated carbocycles. The minimum absolute atomic E-state index is 0.0174. The summed E-state index contributed by atoms with van der Waals surface area (Å²) in [6.45, 7) is 16.8. The third-order valence-electron chi connectivity index (χ3n) is 16.4. The molecule has 0 aromatic rings. The normalized spacial score (nSPS) is 59.8. The van der Waals surface area contributed by atoms with Gasteiger partial charge < -0.3 is 44.1 Å². The van der Waals surface area contributed by atoms with Crippen LogP contribution in [0.3, 0.4) is 0 Å². The highest BCUT2D eigenvalue weighted by atomic mass is 16.7. The molecule has 17 unspecified atom stereocenters. The van der Waals surface area contributed by atoms with E-state index in [0.29, 0.717) is 11.8 Å². The van der Waals surface area contributed by atoms with Crippen molar-refractivity contribution < 1.29 is 48.9 Å². The maximum Gasteiger partial charge on any atom is 0.303 e. The quantitative estimate of drug-likeness (QED) is 0.261. The average Bonchev–Trinajstić information content (AvgIpc) is 3.53. The van der Waals surface area contributed by atoms with Crippen molar-refractivity contribution in [2.24, 2.45) is 50.7 Å². The van der Waals surface area contributed by atoms with E-state index in [-0.39, 0.29) is 57.7 Å². The molecule has 17 atom stereocenters. The van der Waals surface area contributed by atoms with Gasteiger partial charge in [-0.25, -0.2) is 0 Å². The summed E-state index contributed by atoms with van der Waals surface area (Å²) >= 11 is 0. The molecule has 3 aliphatic heterocycles. The molecule has 0 bridgehead atoms. The Balaban J connectivity index is 1.02. The lowest BCUT2D eigenvalue weighted by molar-refractivity contribution is -0.327. The van der Waals surface area contributed by atoms with Crippen LogP contribution < -0.4 is 0 Å². The minimum Gasteiger partial charge on any atom is -0.457 e. The first-order valence-corrected chi connectivity index (χ1v) is 18.4. The van der Waals surface area contributed by atoms with Gasteiger partial charge in [0.25, 0.3) is 0 Å². The molecule has 0 radical (unpaired) electrons. The van der Waals surface area contributed by atoms with Gasteiger partial charge >= 0.3 is 5.97 Å². The highest BCUT2D eigenvalue weighted by Crippen LogP contribution is 2.89. The highest BCUT2D eigenvalue weighted by molar-refractivity contribution is 5.66. The second-order valence-corrected chi connectivity index (χ2v) is 18.9. The fraction of sp³-hybridized carbons (Fsp3) is 0.973. The van der Waals surface area contributed by atoms with Crippen LogP contribution in [0, 0.1) is 50.7 Å². The Morgan fingerprint density at radius 2 is 1.53 bits per heavy atom. The van der Waals surface area contributed by atoms with E-state index < -0.39 is 54.2 Å². The third kappa shape index (κ3) is 3.99. The first-order valence-electron chi connectivity index (χ1n) is 18.4. The number of esters is 1. The van der Waals surface area contributed by atoms with Crippen LogP contribution >= 0.6 is 0 Å². The SMILES string of the molecule is CC(=O)OC1COC(OC2CCC34CC35CCC3(C)C6C(CC3(C)C5CCC4C2(C)C)OC2(O)C(OC(C)(C)C2O)C6C)C(O)C1O. The highest BCUT2D eigenvalue weighted by Gasteiger charge is 2.84. The number of aliphatic hydroxyl groups excluding tert-OH is 3. The van der Waals surface area contributed by atoms with Crippen molar-refractivity contribution in [3.05, 3.63) is 0 Å². The first-order chi connectivity index (χ1) is 21.8. The largest absolute Gasteiger partial charge is 0.457 e. The lowest BCUT2D eigenvalue weighted by Gasteiger charge is -2.63. The predicted octanol–water partition coefficient (Wildman–Crippen LogP) is 3.69. The van der Waals surface area contributed by atoms with Crippen LogP contribution in [0.25, 0.3) is 0 Å². The van der Waals surface area contributed by atoms with Crippen molar-refractivity contribution in [3.8, 4) is 0 Å². The Morgan fingerprint density at radius 3 is 2.23 bits per heavy atom. The van der Waals surface area contributed by atoms with E-state index >= 15 is 0 Å². The maximum atomic E-state index is 11.8. The van der Waals surface area contributed by atoms with E-state index in [1.54, 1.807) is 0 Å². The van der Waals surface area contributed by atoms with Crippen LogP contribution in [-0.4, -0.2) is 93.4 Å². The van der Waals surface area contributed by atoms with Gasteiger partial charge in [0.1, 0.15) is 24.4 Å². The number of hydrogen-bond donors (Lipinski definition) is 4. The molecule has 4 N–H and O–H groups in total. The van der Waals surface area contributed by atoms with Crippen LogP contribution in [-0.2, 0) is 28.5 Å². The molecular weight excluding hydrogens is 604 g/mol. The van der Waals surface area contributed by atoms with Crippen molar-refractivity contribution in [2.75, 3.05) is 6.61 Å². The molecule has 0 aromatic heterocycles. The number of carbonyl (C=O) groups is 1. The number of carbonyl (C=O) groups excluding carboxylic acids is 1. The van der Waals surface area contributed by atoms with Gasteiger partial charge in [-0.15, -0.1) is 0 Å². The Labute approximate surface area is 279 Å². The van der Waals surface area contributed by atoms with Crippen molar-refractivity contribution in [2.45, 2.75) is 167 Å². The molecule has 10 heteroatoms. The van der Waals surface area contributed by atoms with Gasteiger partial charge in [-0.1, -0.05) is 34.6 Å². The second kappa shape index (κ2) is 9.93. The minimum atomic E-state index is -1.68. The fourth-order valence-electron chi connectivity index (χ4n) is 14.2. The van der Waals surface area contributed by atoms with E-state index in [1.165, 1.54) is 19.8 Å². The smallest absolute Gasteiger partial charge is 0.303 e. The Morgan fingerprint density at radius 1 is 0.851 bits per heavy atom. The number of fused-ring (bicyclic) bond motifs is 5. The molecule has 10 nitrogen and oxygen atoms in total. The van der Waals surface area contributed by atoms with Crippen molar-refractivity contribution in [3.63, 3.8) is 0 Å². The summed E-state index contributed by atoms with van der Waals surface area (Å²) in [7, 11) is 0. The monoisotopic (exact) mass is 662 g/mol. The number of ether oxygens (including phenoxy) is 5. The summed E-state index contributed by atoms with van der Waals surface area (Å²) in [6, 6.07) is 0. The lowest BCUT2D eigenvalue weighted by Crippen LogP contribution is -2.63. The van der Waals surface area contributed by atoms with Gasteiger partial charge in [0, 0.05) is 6.92 Å². The summed E-state index contributed by atoms with van der Waals surface area (Å²) in [5.41, 5.74) is -0.395. The zero-order chi connectivity index (χ0) is 33.9. The summed E-state index contributed by atoms with van der Waals surface area (Å²) in [6.07, 6.45) is 2.34.